The lowest BCUT2D eigenvalue weighted by atomic mass is 9.76. The minimum absolute atomic E-state index is 0.155. The molecule has 1 aliphatic heterocycles. The summed E-state index contributed by atoms with van der Waals surface area (Å²) in [7, 11) is -3.96. The summed E-state index contributed by atoms with van der Waals surface area (Å²) in [5.41, 5.74) is 3.35. The fraction of sp³-hybridized carbons (Fsp3) is 0.579. The summed E-state index contributed by atoms with van der Waals surface area (Å²) in [5.74, 6) is -1.00. The molecule has 1 heterocycles. The molecule has 27 heavy (non-hydrogen) atoms. The quantitative estimate of drug-likeness (QED) is 0.216. The SMILES string of the molecule is CC1=[N+](CCCS(=O)(=O)O)c2ccc(I)cc2C1(C)CCCCCC(=O)O. The second-order valence-electron chi connectivity index (χ2n) is 7.32. The van der Waals surface area contributed by atoms with Crippen LogP contribution in [0.1, 0.15) is 57.9 Å². The molecule has 150 valence electrons. The molecule has 0 aliphatic carbocycles. The standard InChI is InChI=1S/C19H26INO5S/c1-14-19(2,10-5-3-4-7-18(22)23)16-13-15(20)8-9-17(16)21(14)11-6-12-27(24,25)26/h8-9,13H,3-7,10-12H2,1-2H3,(H-,22,23,24,25,26)/p+1. The first-order valence-electron chi connectivity index (χ1n) is 9.13. The van der Waals surface area contributed by atoms with Crippen molar-refractivity contribution in [3.8, 4) is 0 Å². The van der Waals surface area contributed by atoms with Crippen molar-refractivity contribution in [2.45, 2.75) is 57.8 Å². The highest BCUT2D eigenvalue weighted by atomic mass is 127. The zero-order valence-corrected chi connectivity index (χ0v) is 18.7. The van der Waals surface area contributed by atoms with Crippen LogP contribution in [0.5, 0.6) is 0 Å². The van der Waals surface area contributed by atoms with E-state index in [4.69, 9.17) is 9.66 Å². The molecule has 2 rings (SSSR count). The number of hydrogen-bond acceptors (Lipinski definition) is 3. The molecule has 1 atom stereocenters. The van der Waals surface area contributed by atoms with Gasteiger partial charge in [0.1, 0.15) is 6.54 Å². The summed E-state index contributed by atoms with van der Waals surface area (Å²) < 4.78 is 34.4. The van der Waals surface area contributed by atoms with Crippen LogP contribution in [-0.4, -0.2) is 46.6 Å². The van der Waals surface area contributed by atoms with Crippen LogP contribution in [0.2, 0.25) is 0 Å². The predicted octanol–water partition coefficient (Wildman–Crippen LogP) is 3.98. The highest BCUT2D eigenvalue weighted by Gasteiger charge is 2.45. The summed E-state index contributed by atoms with van der Waals surface area (Å²) in [5, 5.41) is 8.78. The van der Waals surface area contributed by atoms with Gasteiger partial charge in [-0.15, -0.1) is 0 Å². The number of aliphatic carboxylic acids is 1. The van der Waals surface area contributed by atoms with E-state index in [-0.39, 0.29) is 17.6 Å². The van der Waals surface area contributed by atoms with Crippen LogP contribution in [0, 0.1) is 3.57 Å². The van der Waals surface area contributed by atoms with Gasteiger partial charge in [-0.3, -0.25) is 9.35 Å². The van der Waals surface area contributed by atoms with Gasteiger partial charge < -0.3 is 5.11 Å². The maximum atomic E-state index is 11.0. The fourth-order valence-corrected chi connectivity index (χ4v) is 4.78. The van der Waals surface area contributed by atoms with Crippen LogP contribution in [0.3, 0.4) is 0 Å². The number of fused-ring (bicyclic) bond motifs is 1. The van der Waals surface area contributed by atoms with Gasteiger partial charge in [0, 0.05) is 35.0 Å². The number of carboxylic acid groups (broad SMARTS) is 1. The highest BCUT2D eigenvalue weighted by molar-refractivity contribution is 14.1. The third kappa shape index (κ3) is 5.74. The number of benzene rings is 1. The van der Waals surface area contributed by atoms with Crippen LogP contribution in [0.25, 0.3) is 0 Å². The van der Waals surface area contributed by atoms with Crippen molar-refractivity contribution in [1.29, 1.82) is 0 Å². The van der Waals surface area contributed by atoms with Crippen molar-refractivity contribution in [3.05, 3.63) is 27.3 Å². The lowest BCUT2D eigenvalue weighted by molar-refractivity contribution is -0.438. The van der Waals surface area contributed by atoms with E-state index in [1.165, 1.54) is 11.3 Å². The Morgan fingerprint density at radius 1 is 1.22 bits per heavy atom. The molecule has 0 saturated carbocycles. The topological polar surface area (TPSA) is 94.7 Å². The molecular weight excluding hydrogens is 481 g/mol. The van der Waals surface area contributed by atoms with Crippen molar-refractivity contribution in [2.75, 3.05) is 12.3 Å². The Balaban J connectivity index is 2.19. The number of halogens is 1. The Hall–Kier alpha value is -1.00. The zero-order valence-electron chi connectivity index (χ0n) is 15.7. The number of nitrogens with zero attached hydrogens (tertiary/aromatic N) is 1. The van der Waals surface area contributed by atoms with E-state index in [1.807, 2.05) is 6.07 Å². The number of carboxylic acids is 1. The van der Waals surface area contributed by atoms with Crippen LogP contribution in [0.4, 0.5) is 5.69 Å². The Bertz CT molecular complexity index is 850. The average molecular weight is 508 g/mol. The molecule has 1 aromatic rings. The smallest absolute Gasteiger partial charge is 0.303 e. The molecule has 0 bridgehead atoms. The first-order valence-corrected chi connectivity index (χ1v) is 11.8. The van der Waals surface area contributed by atoms with E-state index in [0.29, 0.717) is 19.4 Å². The Morgan fingerprint density at radius 2 is 1.93 bits per heavy atom. The minimum Gasteiger partial charge on any atom is -0.481 e. The van der Waals surface area contributed by atoms with Crippen LogP contribution < -0.4 is 0 Å². The Kier molecular flexibility index (Phi) is 7.43. The molecule has 0 radical (unpaired) electrons. The van der Waals surface area contributed by atoms with Crippen molar-refractivity contribution in [2.24, 2.45) is 0 Å². The summed E-state index contributed by atoms with van der Waals surface area (Å²) in [6.07, 6.45) is 3.97. The number of unbranched alkanes of at least 4 members (excludes halogenated alkanes) is 2. The highest BCUT2D eigenvalue weighted by Crippen LogP contribution is 2.43. The van der Waals surface area contributed by atoms with Gasteiger partial charge in [-0.25, -0.2) is 0 Å². The molecule has 2 N–H and O–H groups in total. The molecule has 0 fully saturated rings. The molecule has 1 unspecified atom stereocenters. The first-order chi connectivity index (χ1) is 12.5. The summed E-state index contributed by atoms with van der Waals surface area (Å²) in [4.78, 5) is 10.7. The molecule has 0 aromatic heterocycles. The predicted molar refractivity (Wildman–Crippen MR) is 114 cm³/mol. The maximum Gasteiger partial charge on any atom is 0.303 e. The fourth-order valence-electron chi connectivity index (χ4n) is 3.80. The van der Waals surface area contributed by atoms with Gasteiger partial charge in [-0.05, 0) is 54.5 Å². The van der Waals surface area contributed by atoms with Gasteiger partial charge in [0.15, 0.2) is 5.71 Å². The minimum atomic E-state index is -3.96. The zero-order chi connectivity index (χ0) is 20.2. The first kappa shape index (κ1) is 22.3. The molecular formula is C19H27INO5S+. The maximum absolute atomic E-state index is 11.0. The summed E-state index contributed by atoms with van der Waals surface area (Å²) >= 11 is 2.30. The summed E-state index contributed by atoms with van der Waals surface area (Å²) in [6, 6.07) is 6.30. The van der Waals surface area contributed by atoms with Crippen LogP contribution in [-0.2, 0) is 20.3 Å². The monoisotopic (exact) mass is 508 g/mol. The molecule has 1 aliphatic rings. The molecule has 0 amide bonds. The van der Waals surface area contributed by atoms with Gasteiger partial charge in [0.05, 0.1) is 11.2 Å². The van der Waals surface area contributed by atoms with Crippen molar-refractivity contribution < 1.29 is 27.4 Å². The summed E-state index contributed by atoms with van der Waals surface area (Å²) in [6.45, 7) is 4.82. The van der Waals surface area contributed by atoms with Crippen LogP contribution >= 0.6 is 22.6 Å². The van der Waals surface area contributed by atoms with Gasteiger partial charge in [0.25, 0.3) is 10.1 Å². The van der Waals surface area contributed by atoms with Crippen molar-refractivity contribution in [1.82, 2.24) is 0 Å². The Morgan fingerprint density at radius 3 is 2.56 bits per heavy atom. The van der Waals surface area contributed by atoms with E-state index >= 15 is 0 Å². The second-order valence-corrected chi connectivity index (χ2v) is 10.1. The molecule has 6 nitrogen and oxygen atoms in total. The number of carbonyl (C=O) groups is 1. The van der Waals surface area contributed by atoms with Gasteiger partial charge in [0.2, 0.25) is 5.69 Å². The molecule has 0 spiro atoms. The average Bonchev–Trinajstić information content (AvgIpc) is 2.75. The van der Waals surface area contributed by atoms with Crippen molar-refractivity contribution in [3.63, 3.8) is 0 Å². The van der Waals surface area contributed by atoms with E-state index in [0.717, 1.165) is 28.5 Å². The molecule has 0 saturated heterocycles. The van der Waals surface area contributed by atoms with Crippen molar-refractivity contribution >= 4 is 50.1 Å². The van der Waals surface area contributed by atoms with E-state index < -0.39 is 16.1 Å². The van der Waals surface area contributed by atoms with E-state index in [2.05, 4.69) is 53.1 Å². The largest absolute Gasteiger partial charge is 0.481 e. The van der Waals surface area contributed by atoms with Gasteiger partial charge >= 0.3 is 5.97 Å². The lowest BCUT2D eigenvalue weighted by Gasteiger charge is -2.22. The number of rotatable bonds is 10. The molecule has 1 aromatic carbocycles. The van der Waals surface area contributed by atoms with Gasteiger partial charge in [-0.1, -0.05) is 12.8 Å². The lowest BCUT2D eigenvalue weighted by Crippen LogP contribution is -2.30. The third-order valence-corrected chi connectivity index (χ3v) is 6.87. The van der Waals surface area contributed by atoms with Crippen LogP contribution in [0.15, 0.2) is 18.2 Å². The second kappa shape index (κ2) is 9.00. The Labute approximate surface area is 174 Å². The molecule has 8 heteroatoms. The van der Waals surface area contributed by atoms with Gasteiger partial charge in [-0.2, -0.15) is 13.0 Å². The number of hydrogen-bond donors (Lipinski definition) is 2. The third-order valence-electron chi connectivity index (χ3n) is 5.40. The van der Waals surface area contributed by atoms with E-state index in [1.54, 1.807) is 0 Å². The van der Waals surface area contributed by atoms with E-state index in [9.17, 15) is 13.2 Å². The normalized spacial score (nSPS) is 19.4.